The van der Waals surface area contributed by atoms with Crippen LogP contribution in [0.1, 0.15) is 47.3 Å². The molecule has 2 N–H and O–H groups in total. The molecule has 1 saturated heterocycles. The number of aryl methyl sites for hydroxylation is 2. The highest BCUT2D eigenvalue weighted by molar-refractivity contribution is 7.14. The van der Waals surface area contributed by atoms with E-state index >= 15 is 0 Å². The van der Waals surface area contributed by atoms with Gasteiger partial charge < -0.3 is 15.5 Å². The third kappa shape index (κ3) is 5.33. The predicted octanol–water partition coefficient (Wildman–Crippen LogP) is 6.57. The zero-order valence-electron chi connectivity index (χ0n) is 20.6. The first kappa shape index (κ1) is 28.9. The molecule has 1 aromatic heterocycles. The molecule has 2 amide bonds. The average molecular weight is 554 g/mol. The highest BCUT2D eigenvalue weighted by Gasteiger charge is 2.73. The van der Waals surface area contributed by atoms with Gasteiger partial charge in [-0.3, -0.25) is 9.59 Å². The summed E-state index contributed by atoms with van der Waals surface area (Å²) in [6, 6.07) is 2.53. The van der Waals surface area contributed by atoms with Gasteiger partial charge in [0, 0.05) is 28.7 Å². The first-order chi connectivity index (χ1) is 16.9. The SMILES string of the molecule is Cc1cc(C(F)(C(F)(F)F)C(F)(F)F)cc(C)c1NC(=O)c1csc(NC(=O)C2CC(C)N(C)C2C)c1. The largest absolute Gasteiger partial charge is 0.435 e. The van der Waals surface area contributed by atoms with Crippen molar-refractivity contribution in [3.8, 4) is 0 Å². The van der Waals surface area contributed by atoms with E-state index in [9.17, 15) is 40.3 Å². The standard InChI is InChI=1S/C24H26F7N3O2S/c1-11-6-16(22(25,23(26,27)28)24(29,30)31)7-12(2)19(11)33-20(35)15-9-18(37-10-15)32-21(36)17-8-13(3)34(5)14(17)4/h6-7,9-10,13-14,17H,8H2,1-5H3,(H,32,36)(H,33,35). The number of benzene rings is 1. The monoisotopic (exact) mass is 553 g/mol. The Morgan fingerprint density at radius 3 is 1.95 bits per heavy atom. The van der Waals surface area contributed by atoms with Crippen LogP contribution in [0.3, 0.4) is 0 Å². The Morgan fingerprint density at radius 1 is 0.946 bits per heavy atom. The van der Waals surface area contributed by atoms with Crippen LogP contribution in [0.15, 0.2) is 23.6 Å². The fraction of sp³-hybridized carbons (Fsp3) is 0.500. The molecular formula is C24H26F7N3O2S. The van der Waals surface area contributed by atoms with Crippen LogP contribution >= 0.6 is 11.3 Å². The van der Waals surface area contributed by atoms with Crippen molar-refractivity contribution >= 4 is 33.8 Å². The zero-order valence-corrected chi connectivity index (χ0v) is 21.4. The zero-order chi connectivity index (χ0) is 28.1. The van der Waals surface area contributed by atoms with Gasteiger partial charge in [0.2, 0.25) is 5.91 Å². The molecule has 5 nitrogen and oxygen atoms in total. The highest BCUT2D eigenvalue weighted by atomic mass is 32.1. The van der Waals surface area contributed by atoms with Crippen LogP contribution in [-0.4, -0.2) is 48.2 Å². The Kier molecular flexibility index (Phi) is 7.73. The summed E-state index contributed by atoms with van der Waals surface area (Å²) in [6.07, 6.45) is -11.8. The molecule has 0 saturated carbocycles. The van der Waals surface area contributed by atoms with Crippen LogP contribution in [0.25, 0.3) is 0 Å². The van der Waals surface area contributed by atoms with E-state index in [-0.39, 0.29) is 46.3 Å². The number of nitrogens with zero attached hydrogens (tertiary/aromatic N) is 1. The number of carbonyl (C=O) groups is 2. The lowest BCUT2D eigenvalue weighted by Crippen LogP contribution is -2.50. The highest BCUT2D eigenvalue weighted by Crippen LogP contribution is 2.53. The van der Waals surface area contributed by atoms with Gasteiger partial charge in [0.05, 0.1) is 16.5 Å². The molecule has 1 aliphatic rings. The van der Waals surface area contributed by atoms with Gasteiger partial charge in [0.25, 0.3) is 5.91 Å². The fourth-order valence-electron chi connectivity index (χ4n) is 4.51. The van der Waals surface area contributed by atoms with E-state index in [1.54, 1.807) is 0 Å². The number of rotatable bonds is 5. The molecule has 1 aliphatic heterocycles. The molecule has 1 aromatic carbocycles. The van der Waals surface area contributed by atoms with Gasteiger partial charge in [-0.05, 0) is 58.4 Å². The molecule has 0 aliphatic carbocycles. The van der Waals surface area contributed by atoms with E-state index in [1.807, 2.05) is 20.9 Å². The van der Waals surface area contributed by atoms with Crippen molar-refractivity contribution in [2.24, 2.45) is 5.92 Å². The number of alkyl halides is 7. The molecule has 0 bridgehead atoms. The van der Waals surface area contributed by atoms with Crippen molar-refractivity contribution in [3.05, 3.63) is 45.8 Å². The van der Waals surface area contributed by atoms with Crippen LogP contribution in [0.4, 0.5) is 41.4 Å². The minimum atomic E-state index is -6.24. The van der Waals surface area contributed by atoms with Crippen LogP contribution < -0.4 is 10.6 Å². The Labute approximate surface area is 213 Å². The summed E-state index contributed by atoms with van der Waals surface area (Å²) in [4.78, 5) is 27.6. The van der Waals surface area contributed by atoms with E-state index in [4.69, 9.17) is 0 Å². The molecule has 3 unspecified atom stereocenters. The summed E-state index contributed by atoms with van der Waals surface area (Å²) < 4.78 is 93.3. The molecule has 0 radical (unpaired) electrons. The second-order valence-corrected chi connectivity index (χ2v) is 10.3. The summed E-state index contributed by atoms with van der Waals surface area (Å²) in [5.41, 5.74) is -7.48. The Bertz CT molecular complexity index is 1150. The summed E-state index contributed by atoms with van der Waals surface area (Å²) in [6.45, 7) is 6.31. The van der Waals surface area contributed by atoms with Crippen LogP contribution in [-0.2, 0) is 10.5 Å². The van der Waals surface area contributed by atoms with Gasteiger partial charge >= 0.3 is 18.0 Å². The maximum atomic E-state index is 14.5. The van der Waals surface area contributed by atoms with Gasteiger partial charge in [-0.1, -0.05) is 12.1 Å². The number of likely N-dealkylation sites (tertiary alicyclic amines) is 1. The van der Waals surface area contributed by atoms with Gasteiger partial charge in [-0.15, -0.1) is 11.3 Å². The van der Waals surface area contributed by atoms with E-state index in [2.05, 4.69) is 15.5 Å². The Morgan fingerprint density at radius 2 is 1.49 bits per heavy atom. The lowest BCUT2D eigenvalue weighted by Gasteiger charge is -2.31. The molecule has 13 heteroatoms. The molecule has 3 atom stereocenters. The third-order valence-electron chi connectivity index (χ3n) is 6.91. The number of amides is 2. The minimum Gasteiger partial charge on any atom is -0.321 e. The first-order valence-corrected chi connectivity index (χ1v) is 12.1. The summed E-state index contributed by atoms with van der Waals surface area (Å²) in [7, 11) is 1.94. The van der Waals surface area contributed by atoms with E-state index in [0.717, 1.165) is 11.3 Å². The normalized spacial score (nSPS) is 21.2. The van der Waals surface area contributed by atoms with Crippen molar-refractivity contribution in [2.45, 2.75) is 64.2 Å². The number of hydrogen-bond donors (Lipinski definition) is 2. The second kappa shape index (κ2) is 9.90. The molecule has 0 spiro atoms. The lowest BCUT2D eigenvalue weighted by atomic mass is 9.90. The molecule has 2 heterocycles. The fourth-order valence-corrected chi connectivity index (χ4v) is 5.29. The van der Waals surface area contributed by atoms with Crippen molar-refractivity contribution < 1.29 is 40.3 Å². The molecule has 37 heavy (non-hydrogen) atoms. The van der Waals surface area contributed by atoms with E-state index in [0.29, 0.717) is 23.6 Å². The molecule has 1 fully saturated rings. The number of halogens is 7. The molecular weight excluding hydrogens is 527 g/mol. The number of anilines is 2. The average Bonchev–Trinajstić information content (AvgIpc) is 3.34. The number of carbonyl (C=O) groups excluding carboxylic acids is 2. The minimum absolute atomic E-state index is 0.0319. The maximum Gasteiger partial charge on any atom is 0.435 e. The third-order valence-corrected chi connectivity index (χ3v) is 7.76. The predicted molar refractivity (Wildman–Crippen MR) is 127 cm³/mol. The number of thiophene rings is 1. The Hall–Kier alpha value is -2.67. The maximum absolute atomic E-state index is 14.5. The van der Waals surface area contributed by atoms with Gasteiger partial charge in [0.1, 0.15) is 0 Å². The topological polar surface area (TPSA) is 61.4 Å². The van der Waals surface area contributed by atoms with Gasteiger partial charge in [-0.2, -0.15) is 26.3 Å². The molecule has 3 rings (SSSR count). The molecule has 204 valence electrons. The van der Waals surface area contributed by atoms with Crippen molar-refractivity contribution in [1.29, 1.82) is 0 Å². The second-order valence-electron chi connectivity index (χ2n) is 9.38. The Balaban J connectivity index is 1.78. The van der Waals surface area contributed by atoms with Crippen molar-refractivity contribution in [2.75, 3.05) is 17.7 Å². The summed E-state index contributed by atoms with van der Waals surface area (Å²) in [5, 5.41) is 7.11. The quantitative estimate of drug-likeness (QED) is 0.412. The summed E-state index contributed by atoms with van der Waals surface area (Å²) >= 11 is 1.09. The smallest absolute Gasteiger partial charge is 0.321 e. The van der Waals surface area contributed by atoms with Gasteiger partial charge in [-0.25, -0.2) is 4.39 Å². The number of hydrogen-bond acceptors (Lipinski definition) is 4. The van der Waals surface area contributed by atoms with E-state index in [1.165, 1.54) is 25.3 Å². The van der Waals surface area contributed by atoms with Gasteiger partial charge in [0.15, 0.2) is 0 Å². The van der Waals surface area contributed by atoms with Crippen LogP contribution in [0.2, 0.25) is 0 Å². The van der Waals surface area contributed by atoms with Crippen LogP contribution in [0, 0.1) is 19.8 Å². The molecule has 2 aromatic rings. The van der Waals surface area contributed by atoms with E-state index < -0.39 is 29.5 Å². The summed E-state index contributed by atoms with van der Waals surface area (Å²) in [5.74, 6) is -1.13. The lowest BCUT2D eigenvalue weighted by molar-refractivity contribution is -0.348. The number of nitrogens with one attached hydrogen (secondary N) is 2. The van der Waals surface area contributed by atoms with Crippen molar-refractivity contribution in [1.82, 2.24) is 4.90 Å². The van der Waals surface area contributed by atoms with Crippen LogP contribution in [0.5, 0.6) is 0 Å². The van der Waals surface area contributed by atoms with Crippen molar-refractivity contribution in [3.63, 3.8) is 0 Å². The first-order valence-electron chi connectivity index (χ1n) is 11.2.